The Morgan fingerprint density at radius 3 is 1.76 bits per heavy atom. The molecule has 0 aliphatic carbocycles. The third kappa shape index (κ3) is 9.61. The van der Waals surface area contributed by atoms with Crippen LogP contribution in [-0.2, 0) is 4.79 Å². The normalized spacial score (nSPS) is 11.2. The van der Waals surface area contributed by atoms with E-state index in [-0.39, 0.29) is 0 Å². The summed E-state index contributed by atoms with van der Waals surface area (Å²) in [5.41, 5.74) is -0.877. The summed E-state index contributed by atoms with van der Waals surface area (Å²) >= 11 is 0. The minimum absolute atomic E-state index is 0.829. The number of alkyl halides is 3. The molecule has 0 heterocycles. The highest BCUT2D eigenvalue weighted by molar-refractivity contribution is 6.02. The number of carbonyl (C=O) groups is 1. The van der Waals surface area contributed by atoms with Gasteiger partial charge in [-0.05, 0) is 6.92 Å². The number of nitriles is 1. The van der Waals surface area contributed by atoms with Crippen LogP contribution in [0.3, 0.4) is 0 Å². The van der Waals surface area contributed by atoms with Crippen LogP contribution in [0.1, 0.15) is 46.5 Å². The predicted molar refractivity (Wildman–Crippen MR) is 60.2 cm³/mol. The van der Waals surface area contributed by atoms with Crippen LogP contribution in [0, 0.1) is 11.3 Å². The summed E-state index contributed by atoms with van der Waals surface area (Å²) < 4.78 is 34.6. The number of halogens is 3. The quantitative estimate of drug-likeness (QED) is 0.426. The summed E-state index contributed by atoms with van der Waals surface area (Å²) in [6.45, 7) is 5.66. The number of unbranched alkanes of at least 4 members (excludes halogenated alkanes) is 3. The molecular weight excluding hydrogens is 231 g/mol. The van der Waals surface area contributed by atoms with E-state index in [1.165, 1.54) is 32.6 Å². The smallest absolute Gasteiger partial charge is 0.283 e. The van der Waals surface area contributed by atoms with Crippen LogP contribution in [0.15, 0.2) is 11.6 Å². The molecule has 0 atom stereocenters. The van der Waals surface area contributed by atoms with Gasteiger partial charge in [0.15, 0.2) is 0 Å². The molecule has 98 valence electrons. The summed E-state index contributed by atoms with van der Waals surface area (Å²) in [6, 6.07) is 1.15. The Labute approximate surface area is 100 Å². The summed E-state index contributed by atoms with van der Waals surface area (Å²) in [4.78, 5) is 10.2. The topological polar surface area (TPSA) is 40.9 Å². The van der Waals surface area contributed by atoms with Crippen molar-refractivity contribution in [2.45, 2.75) is 52.6 Å². The molecule has 0 amide bonds. The fourth-order valence-corrected chi connectivity index (χ4v) is 0.899. The number of Topliss-reactive ketones (excluding diaryl/α,β-unsaturated/α-hetero) is 1. The second kappa shape index (κ2) is 9.88. The molecule has 0 unspecified atom stereocenters. The number of allylic oxidation sites excluding steroid dienone is 2. The van der Waals surface area contributed by atoms with Gasteiger partial charge >= 0.3 is 6.18 Å². The zero-order valence-electron chi connectivity index (χ0n) is 10.4. The van der Waals surface area contributed by atoms with Gasteiger partial charge in [-0.3, -0.25) is 4.79 Å². The molecule has 0 spiro atoms. The molecule has 0 aromatic heterocycles. The molecular formula is C12H18F3NO. The van der Waals surface area contributed by atoms with Crippen LogP contribution < -0.4 is 0 Å². The molecule has 0 N–H and O–H groups in total. The largest absolute Gasteiger partial charge is 0.455 e. The maximum absolute atomic E-state index is 11.5. The van der Waals surface area contributed by atoms with Crippen molar-refractivity contribution in [1.82, 2.24) is 0 Å². The van der Waals surface area contributed by atoms with Gasteiger partial charge in [0.2, 0.25) is 0 Å². The average molecular weight is 249 g/mol. The number of carbonyl (C=O) groups excluding carboxylic acids is 1. The van der Waals surface area contributed by atoms with Gasteiger partial charge in [-0.15, -0.1) is 0 Å². The van der Waals surface area contributed by atoms with Gasteiger partial charge in [-0.1, -0.05) is 45.6 Å². The Kier molecular flexibility index (Phi) is 10.5. The van der Waals surface area contributed by atoms with Crippen LogP contribution in [0.25, 0.3) is 0 Å². The molecule has 0 aliphatic heterocycles. The van der Waals surface area contributed by atoms with Crippen LogP contribution >= 0.6 is 0 Å². The van der Waals surface area contributed by atoms with E-state index < -0.39 is 17.5 Å². The Morgan fingerprint density at radius 2 is 1.65 bits per heavy atom. The Hall–Kier alpha value is -1.31. The molecule has 0 bridgehead atoms. The monoisotopic (exact) mass is 249 g/mol. The lowest BCUT2D eigenvalue weighted by molar-refractivity contribution is -0.166. The maximum atomic E-state index is 11.5. The Balaban J connectivity index is 0. The van der Waals surface area contributed by atoms with Gasteiger partial charge in [0.05, 0.1) is 0 Å². The predicted octanol–water partition coefficient (Wildman–Crippen LogP) is 4.17. The zero-order valence-corrected chi connectivity index (χ0v) is 10.4. The third-order valence-electron chi connectivity index (χ3n) is 1.87. The first-order chi connectivity index (χ1) is 7.84. The highest BCUT2D eigenvalue weighted by Crippen LogP contribution is 2.19. The van der Waals surface area contributed by atoms with Crippen molar-refractivity contribution in [3.63, 3.8) is 0 Å². The van der Waals surface area contributed by atoms with Crippen molar-refractivity contribution >= 4 is 5.78 Å². The molecule has 17 heavy (non-hydrogen) atoms. The number of nitrogens with zero attached hydrogens (tertiary/aromatic N) is 1. The van der Waals surface area contributed by atoms with Crippen molar-refractivity contribution < 1.29 is 18.0 Å². The van der Waals surface area contributed by atoms with E-state index in [0.29, 0.717) is 0 Å². The second-order valence-corrected chi connectivity index (χ2v) is 3.35. The first-order valence-electron chi connectivity index (χ1n) is 5.52. The zero-order chi connectivity index (χ0) is 13.9. The lowest BCUT2D eigenvalue weighted by Gasteiger charge is -2.01. The van der Waals surface area contributed by atoms with Crippen LogP contribution in [0.4, 0.5) is 13.2 Å². The fourth-order valence-electron chi connectivity index (χ4n) is 0.899. The Morgan fingerprint density at radius 1 is 1.24 bits per heavy atom. The number of hydrogen-bond donors (Lipinski definition) is 0. The molecule has 0 saturated heterocycles. The molecule has 0 aliphatic rings. The summed E-state index contributed by atoms with van der Waals surface area (Å²) in [5, 5.41) is 8.02. The van der Waals surface area contributed by atoms with Gasteiger partial charge in [0, 0.05) is 0 Å². The van der Waals surface area contributed by atoms with E-state index in [9.17, 15) is 18.0 Å². The van der Waals surface area contributed by atoms with Crippen molar-refractivity contribution in [1.29, 1.82) is 5.26 Å². The van der Waals surface area contributed by atoms with E-state index in [0.717, 1.165) is 12.1 Å². The summed E-state index contributed by atoms with van der Waals surface area (Å²) in [7, 11) is 0. The van der Waals surface area contributed by atoms with Gasteiger partial charge in [-0.25, -0.2) is 0 Å². The van der Waals surface area contributed by atoms with Crippen LogP contribution in [-0.4, -0.2) is 12.0 Å². The second-order valence-electron chi connectivity index (χ2n) is 3.35. The van der Waals surface area contributed by atoms with Crippen molar-refractivity contribution in [3.05, 3.63) is 11.6 Å². The van der Waals surface area contributed by atoms with Gasteiger partial charge in [-0.2, -0.15) is 18.4 Å². The van der Waals surface area contributed by atoms with E-state index in [1.807, 2.05) is 0 Å². The van der Waals surface area contributed by atoms with Crippen LogP contribution in [0.5, 0.6) is 0 Å². The number of hydrogen-bond acceptors (Lipinski definition) is 2. The number of ketones is 1. The highest BCUT2D eigenvalue weighted by atomic mass is 19.4. The van der Waals surface area contributed by atoms with E-state index in [1.54, 1.807) is 0 Å². The molecule has 0 rings (SSSR count). The molecule has 2 nitrogen and oxygen atoms in total. The van der Waals surface area contributed by atoms with Gasteiger partial charge < -0.3 is 0 Å². The van der Waals surface area contributed by atoms with Gasteiger partial charge in [0.25, 0.3) is 5.78 Å². The summed E-state index contributed by atoms with van der Waals surface area (Å²) in [6.07, 6.45) is 1.42. The first kappa shape index (κ1) is 18.1. The van der Waals surface area contributed by atoms with E-state index in [4.69, 9.17) is 5.26 Å². The first-order valence-corrected chi connectivity index (χ1v) is 5.52. The molecule has 5 heteroatoms. The molecule has 0 radical (unpaired) electrons. The average Bonchev–Trinajstić information content (AvgIpc) is 2.27. The number of rotatable bonds is 4. The van der Waals surface area contributed by atoms with Crippen molar-refractivity contribution in [2.75, 3.05) is 0 Å². The minimum Gasteiger partial charge on any atom is -0.283 e. The third-order valence-corrected chi connectivity index (χ3v) is 1.87. The van der Waals surface area contributed by atoms with Crippen LogP contribution in [0.2, 0.25) is 0 Å². The molecule has 0 saturated carbocycles. The van der Waals surface area contributed by atoms with Crippen molar-refractivity contribution in [2.24, 2.45) is 0 Å². The highest BCUT2D eigenvalue weighted by Gasteiger charge is 2.40. The fraction of sp³-hybridized carbons (Fsp3) is 0.667. The SMILES string of the molecule is CC=C(C#N)C(=O)C(F)(F)F.CCCCCC. The maximum Gasteiger partial charge on any atom is 0.455 e. The minimum atomic E-state index is -4.95. The molecule has 0 aromatic rings. The van der Waals surface area contributed by atoms with Gasteiger partial charge in [0.1, 0.15) is 11.6 Å². The van der Waals surface area contributed by atoms with Crippen molar-refractivity contribution in [3.8, 4) is 6.07 Å². The van der Waals surface area contributed by atoms with E-state index >= 15 is 0 Å². The lowest BCUT2D eigenvalue weighted by Crippen LogP contribution is -2.23. The molecule has 0 aromatic carbocycles. The molecule has 0 fully saturated rings. The van der Waals surface area contributed by atoms with E-state index in [2.05, 4.69) is 13.8 Å². The Bertz CT molecular complexity index is 283. The lowest BCUT2D eigenvalue weighted by atomic mass is 10.2. The standard InChI is InChI=1S/C6H4F3NO.C6H14/c1-2-4(3-10)5(11)6(7,8)9;1-3-5-6-4-2/h2H,1H3;3-6H2,1-2H3. The summed E-state index contributed by atoms with van der Waals surface area (Å²) in [5.74, 6) is -2.09.